The summed E-state index contributed by atoms with van der Waals surface area (Å²) in [6.45, 7) is 7.01. The van der Waals surface area contributed by atoms with Gasteiger partial charge >= 0.3 is 5.97 Å². The number of aldehydes is 1. The number of anilines is 1. The summed E-state index contributed by atoms with van der Waals surface area (Å²) in [4.78, 5) is 31.3. The predicted molar refractivity (Wildman–Crippen MR) is 149 cm³/mol. The number of ether oxygens (including phenoxy) is 2. The van der Waals surface area contributed by atoms with Gasteiger partial charge in [0.15, 0.2) is 6.29 Å². The summed E-state index contributed by atoms with van der Waals surface area (Å²) in [5, 5.41) is 1.19. The third-order valence-corrected chi connectivity index (χ3v) is 9.41. The Morgan fingerprint density at radius 3 is 2.68 bits per heavy atom. The van der Waals surface area contributed by atoms with Crippen molar-refractivity contribution in [3.63, 3.8) is 0 Å². The first-order valence-electron chi connectivity index (χ1n) is 12.9. The van der Waals surface area contributed by atoms with Crippen LogP contribution in [0.3, 0.4) is 0 Å². The number of esters is 1. The molecule has 2 aromatic carbocycles. The van der Waals surface area contributed by atoms with Crippen LogP contribution in [0.25, 0.3) is 20.5 Å². The van der Waals surface area contributed by atoms with Gasteiger partial charge < -0.3 is 14.4 Å². The van der Waals surface area contributed by atoms with Gasteiger partial charge in [-0.05, 0) is 42.8 Å². The fourth-order valence-electron chi connectivity index (χ4n) is 6.32. The zero-order valence-corrected chi connectivity index (χ0v) is 22.7. The van der Waals surface area contributed by atoms with Crippen molar-refractivity contribution in [3.8, 4) is 10.4 Å². The Morgan fingerprint density at radius 1 is 1.16 bits per heavy atom. The number of hydrogen-bond acceptors (Lipinski definition) is 7. The highest BCUT2D eigenvalue weighted by Gasteiger charge is 2.52. The molecule has 0 N–H and O–H groups in total. The minimum Gasteiger partial charge on any atom is -0.504 e. The summed E-state index contributed by atoms with van der Waals surface area (Å²) in [7, 11) is 2.99. The fraction of sp³-hybridized carbons (Fsp3) is 0.400. The van der Waals surface area contributed by atoms with Gasteiger partial charge in [-0.2, -0.15) is 0 Å². The van der Waals surface area contributed by atoms with Crippen molar-refractivity contribution in [1.29, 1.82) is 0 Å². The van der Waals surface area contributed by atoms with E-state index in [0.29, 0.717) is 17.1 Å². The molecule has 0 radical (unpaired) electrons. The topological polar surface area (TPSA) is 59.1 Å². The van der Waals surface area contributed by atoms with E-state index < -0.39 is 0 Å². The van der Waals surface area contributed by atoms with Crippen LogP contribution in [0.4, 0.5) is 5.69 Å². The first-order chi connectivity index (χ1) is 17.9. The Kier molecular flexibility index (Phi) is 7.10. The highest BCUT2D eigenvalue weighted by Crippen LogP contribution is 2.48. The lowest BCUT2D eigenvalue weighted by atomic mass is 9.74. The number of thiophene rings is 1. The van der Waals surface area contributed by atoms with Gasteiger partial charge in [0, 0.05) is 51.9 Å². The van der Waals surface area contributed by atoms with Crippen LogP contribution in [0.2, 0.25) is 0 Å². The van der Waals surface area contributed by atoms with Crippen LogP contribution in [0.15, 0.2) is 60.4 Å². The predicted octanol–water partition coefficient (Wildman–Crippen LogP) is 5.97. The van der Waals surface area contributed by atoms with Crippen molar-refractivity contribution in [2.45, 2.75) is 32.4 Å². The number of piperidine rings is 1. The summed E-state index contributed by atoms with van der Waals surface area (Å²) >= 11 is 1.71. The number of benzene rings is 2. The fourth-order valence-corrected chi connectivity index (χ4v) is 7.43. The molecule has 2 aliphatic rings. The molecule has 0 aliphatic carbocycles. The van der Waals surface area contributed by atoms with Gasteiger partial charge in [-0.25, -0.2) is 4.79 Å². The molecule has 37 heavy (non-hydrogen) atoms. The highest BCUT2D eigenvalue weighted by molar-refractivity contribution is 7.22. The zero-order valence-electron chi connectivity index (χ0n) is 21.9. The number of carbonyl (C=O) groups excluding carboxylic acids is 2. The molecule has 194 valence electrons. The van der Waals surface area contributed by atoms with Gasteiger partial charge in [0.1, 0.15) is 0 Å². The molecule has 2 fully saturated rings. The summed E-state index contributed by atoms with van der Waals surface area (Å²) < 4.78 is 11.7. The lowest BCUT2D eigenvalue weighted by Crippen LogP contribution is -2.59. The molecule has 7 heteroatoms. The molecule has 3 aromatic rings. The molecule has 0 saturated carbocycles. The number of fused-ring (bicyclic) bond motifs is 2. The molecule has 3 atom stereocenters. The summed E-state index contributed by atoms with van der Waals surface area (Å²) in [6, 6.07) is 16.6. The van der Waals surface area contributed by atoms with Gasteiger partial charge in [0.2, 0.25) is 0 Å². The lowest BCUT2D eigenvalue weighted by Gasteiger charge is -2.51. The molecule has 6 nitrogen and oxygen atoms in total. The van der Waals surface area contributed by atoms with E-state index >= 15 is 0 Å². The molecular formula is C30H34N2O4S. The average molecular weight is 519 g/mol. The molecule has 3 heterocycles. The van der Waals surface area contributed by atoms with Crippen LogP contribution >= 0.6 is 11.3 Å². The van der Waals surface area contributed by atoms with E-state index in [9.17, 15) is 9.59 Å². The maximum Gasteiger partial charge on any atom is 0.337 e. The van der Waals surface area contributed by atoms with Gasteiger partial charge in [0.05, 0.1) is 31.7 Å². The first-order valence-corrected chi connectivity index (χ1v) is 13.7. The van der Waals surface area contributed by atoms with E-state index in [1.165, 1.54) is 17.2 Å². The maximum absolute atomic E-state index is 12.7. The second-order valence-electron chi connectivity index (χ2n) is 10.1. The molecule has 0 unspecified atom stereocenters. The minimum absolute atomic E-state index is 0.00953. The Morgan fingerprint density at radius 2 is 1.97 bits per heavy atom. The van der Waals surface area contributed by atoms with Gasteiger partial charge in [-0.15, -0.1) is 11.3 Å². The van der Waals surface area contributed by atoms with Crippen molar-refractivity contribution >= 4 is 39.4 Å². The Labute approximate surface area is 222 Å². The summed E-state index contributed by atoms with van der Waals surface area (Å²) in [5.41, 5.74) is 2.85. The van der Waals surface area contributed by atoms with E-state index in [1.54, 1.807) is 24.7 Å². The van der Waals surface area contributed by atoms with Gasteiger partial charge in [-0.1, -0.05) is 43.7 Å². The van der Waals surface area contributed by atoms with E-state index in [2.05, 4.69) is 47.9 Å². The van der Waals surface area contributed by atoms with E-state index in [0.717, 1.165) is 54.9 Å². The SMILES string of the molecule is CC[C@@H]1CN2CCN(c3cccc(-c4cc5ccccc5s4)c3C=O)[C@@]2(C)C[C@@H]1/C(=C\OC)C(=O)OC. The standard InChI is InChI=1S/C30H34N2O4S/c1-5-20-17-31-13-14-32(30(31,2)16-23(20)25(19-35-3)29(34)36-4)26-11-8-10-22(24(26)18-33)28-15-21-9-6-7-12-27(21)37-28/h6-12,15,18-20,23H,5,13-14,16-17H2,1-4H3/b25-19+/t20-,23+,30+/m1/s1. The van der Waals surface area contributed by atoms with Crippen molar-refractivity contribution in [1.82, 2.24) is 4.90 Å². The zero-order chi connectivity index (χ0) is 26.2. The van der Waals surface area contributed by atoms with Crippen molar-refractivity contribution in [3.05, 3.63) is 65.9 Å². The van der Waals surface area contributed by atoms with Crippen molar-refractivity contribution < 1.29 is 19.1 Å². The van der Waals surface area contributed by atoms with Crippen LogP contribution in [-0.4, -0.2) is 56.7 Å². The van der Waals surface area contributed by atoms with Crippen LogP contribution in [0.5, 0.6) is 0 Å². The van der Waals surface area contributed by atoms with Gasteiger partial charge in [0.25, 0.3) is 0 Å². The number of rotatable bonds is 7. The molecule has 0 amide bonds. The maximum atomic E-state index is 12.7. The van der Waals surface area contributed by atoms with Gasteiger partial charge in [-0.3, -0.25) is 9.69 Å². The molecule has 5 rings (SSSR count). The summed E-state index contributed by atoms with van der Waals surface area (Å²) in [5.74, 6) is -0.0408. The van der Waals surface area contributed by atoms with Crippen molar-refractivity contribution in [2.75, 3.05) is 38.8 Å². The summed E-state index contributed by atoms with van der Waals surface area (Å²) in [6.07, 6.45) is 4.24. The Bertz CT molecular complexity index is 1320. The molecule has 0 spiro atoms. The molecule has 2 saturated heterocycles. The third-order valence-electron chi connectivity index (χ3n) is 8.26. The second-order valence-corrected chi connectivity index (χ2v) is 11.2. The largest absolute Gasteiger partial charge is 0.504 e. The number of nitrogens with zero attached hydrogens (tertiary/aromatic N) is 2. The Balaban J connectivity index is 1.56. The van der Waals surface area contributed by atoms with Crippen LogP contribution in [0, 0.1) is 11.8 Å². The van der Waals surface area contributed by atoms with Crippen LogP contribution in [0.1, 0.15) is 37.0 Å². The van der Waals surface area contributed by atoms with E-state index in [1.807, 2.05) is 24.3 Å². The molecule has 1 aromatic heterocycles. The molecular weight excluding hydrogens is 484 g/mol. The lowest BCUT2D eigenvalue weighted by molar-refractivity contribution is -0.137. The highest BCUT2D eigenvalue weighted by atomic mass is 32.1. The number of hydrogen-bond donors (Lipinski definition) is 0. The monoisotopic (exact) mass is 518 g/mol. The number of methoxy groups -OCH3 is 2. The first kappa shape index (κ1) is 25.5. The molecule has 0 bridgehead atoms. The van der Waals surface area contributed by atoms with E-state index in [-0.39, 0.29) is 17.6 Å². The Hall–Kier alpha value is -3.16. The smallest absolute Gasteiger partial charge is 0.337 e. The van der Waals surface area contributed by atoms with Crippen LogP contribution in [-0.2, 0) is 14.3 Å². The number of carbonyl (C=O) groups is 2. The third kappa shape index (κ3) is 4.34. The molecule has 2 aliphatic heterocycles. The van der Waals surface area contributed by atoms with Crippen LogP contribution < -0.4 is 4.90 Å². The van der Waals surface area contributed by atoms with E-state index in [4.69, 9.17) is 9.47 Å². The average Bonchev–Trinajstić information content (AvgIpc) is 3.50. The quantitative estimate of drug-likeness (QED) is 0.166. The second kappa shape index (κ2) is 10.3. The van der Waals surface area contributed by atoms with Crippen molar-refractivity contribution in [2.24, 2.45) is 11.8 Å². The minimum atomic E-state index is -0.353. The normalized spacial score (nSPS) is 24.2.